The van der Waals surface area contributed by atoms with Gasteiger partial charge in [0, 0.05) is 27.8 Å². The number of carbonyl (C=O) groups is 1. The van der Waals surface area contributed by atoms with Gasteiger partial charge < -0.3 is 10.3 Å². The Morgan fingerprint density at radius 2 is 2.05 bits per heavy atom. The minimum absolute atomic E-state index is 0.156. The number of aryl methyl sites for hydroxylation is 2. The fourth-order valence-corrected chi connectivity index (χ4v) is 2.40. The maximum absolute atomic E-state index is 12.0. The molecule has 0 atom stereocenters. The molecule has 0 saturated carbocycles. The van der Waals surface area contributed by atoms with Gasteiger partial charge in [-0.05, 0) is 43.7 Å². The highest BCUT2D eigenvalue weighted by Crippen LogP contribution is 2.11. The summed E-state index contributed by atoms with van der Waals surface area (Å²) in [7, 11) is 0. The number of aromatic nitrogens is 1. The average Bonchev–Trinajstić information content (AvgIpc) is 2.37. The van der Waals surface area contributed by atoms with Crippen LogP contribution < -0.4 is 10.9 Å². The van der Waals surface area contributed by atoms with Crippen molar-refractivity contribution in [3.05, 3.63) is 67.5 Å². The third-order valence-electron chi connectivity index (χ3n) is 3.01. The molecule has 1 heterocycles. The van der Waals surface area contributed by atoms with Gasteiger partial charge in [-0.2, -0.15) is 0 Å². The molecule has 2 N–H and O–H groups in total. The predicted molar refractivity (Wildman–Crippen MR) is 81.8 cm³/mol. The second kappa shape index (κ2) is 6.05. The Bertz CT molecular complexity index is 707. The van der Waals surface area contributed by atoms with Gasteiger partial charge in [0.25, 0.3) is 11.5 Å². The molecular weight excluding hydrogens is 320 g/mol. The first-order chi connectivity index (χ1) is 9.47. The van der Waals surface area contributed by atoms with Crippen LogP contribution in [0.15, 0.2) is 39.6 Å². The summed E-state index contributed by atoms with van der Waals surface area (Å²) >= 11 is 3.32. The molecule has 0 radical (unpaired) electrons. The van der Waals surface area contributed by atoms with Gasteiger partial charge in [0.15, 0.2) is 0 Å². The van der Waals surface area contributed by atoms with Crippen molar-refractivity contribution in [3.63, 3.8) is 0 Å². The third-order valence-corrected chi connectivity index (χ3v) is 3.50. The largest absolute Gasteiger partial charge is 0.348 e. The number of aromatic amines is 1. The van der Waals surface area contributed by atoms with Crippen molar-refractivity contribution in [3.8, 4) is 0 Å². The summed E-state index contributed by atoms with van der Waals surface area (Å²) in [5.41, 5.74) is 2.67. The molecule has 2 aromatic rings. The molecule has 0 spiro atoms. The Kier molecular flexibility index (Phi) is 4.39. The minimum Gasteiger partial charge on any atom is -0.348 e. The fraction of sp³-hybridized carbons (Fsp3) is 0.200. The first kappa shape index (κ1) is 14.5. The molecule has 0 aliphatic carbocycles. The first-order valence-corrected chi connectivity index (χ1v) is 7.00. The van der Waals surface area contributed by atoms with Crippen molar-refractivity contribution in [2.24, 2.45) is 0 Å². The molecule has 1 aromatic carbocycles. The van der Waals surface area contributed by atoms with Gasteiger partial charge in [-0.15, -0.1) is 0 Å². The highest BCUT2D eigenvalue weighted by atomic mass is 79.9. The molecule has 0 bridgehead atoms. The van der Waals surface area contributed by atoms with E-state index in [-0.39, 0.29) is 18.0 Å². The Labute approximate surface area is 125 Å². The van der Waals surface area contributed by atoms with Crippen molar-refractivity contribution < 1.29 is 4.79 Å². The Balaban J connectivity index is 2.13. The van der Waals surface area contributed by atoms with Crippen molar-refractivity contribution in [2.75, 3.05) is 0 Å². The average molecular weight is 335 g/mol. The van der Waals surface area contributed by atoms with Crippen LogP contribution in [-0.4, -0.2) is 10.9 Å². The number of rotatable bonds is 3. The molecule has 1 aromatic heterocycles. The van der Waals surface area contributed by atoms with Crippen LogP contribution >= 0.6 is 15.9 Å². The number of carbonyl (C=O) groups excluding carboxylic acids is 1. The van der Waals surface area contributed by atoms with E-state index >= 15 is 0 Å². The molecule has 104 valence electrons. The third kappa shape index (κ3) is 3.36. The minimum atomic E-state index is -0.203. The van der Waals surface area contributed by atoms with Gasteiger partial charge in [-0.1, -0.05) is 22.0 Å². The second-order valence-corrected chi connectivity index (χ2v) is 5.55. The van der Waals surface area contributed by atoms with E-state index in [1.165, 1.54) is 0 Å². The fourth-order valence-electron chi connectivity index (χ4n) is 2.00. The summed E-state index contributed by atoms with van der Waals surface area (Å²) in [4.78, 5) is 26.6. The van der Waals surface area contributed by atoms with Crippen LogP contribution in [0.3, 0.4) is 0 Å². The number of pyridine rings is 1. The van der Waals surface area contributed by atoms with Crippen molar-refractivity contribution >= 4 is 21.8 Å². The van der Waals surface area contributed by atoms with Crippen LogP contribution in [0, 0.1) is 13.8 Å². The number of nitrogens with one attached hydrogen (secondary N) is 2. The van der Waals surface area contributed by atoms with E-state index in [1.54, 1.807) is 18.2 Å². The first-order valence-electron chi connectivity index (χ1n) is 6.20. The number of hydrogen-bond donors (Lipinski definition) is 2. The molecule has 5 heteroatoms. The topological polar surface area (TPSA) is 62.0 Å². The molecule has 20 heavy (non-hydrogen) atoms. The van der Waals surface area contributed by atoms with Crippen molar-refractivity contribution in [1.29, 1.82) is 0 Å². The van der Waals surface area contributed by atoms with E-state index in [0.29, 0.717) is 11.1 Å². The Hall–Kier alpha value is -1.88. The highest BCUT2D eigenvalue weighted by Gasteiger charge is 2.09. The number of benzene rings is 1. The highest BCUT2D eigenvalue weighted by molar-refractivity contribution is 9.10. The summed E-state index contributed by atoms with van der Waals surface area (Å²) in [5, 5.41) is 2.76. The van der Waals surface area contributed by atoms with Crippen LogP contribution in [0.2, 0.25) is 0 Å². The monoisotopic (exact) mass is 334 g/mol. The van der Waals surface area contributed by atoms with Gasteiger partial charge in [0.05, 0.1) is 0 Å². The van der Waals surface area contributed by atoms with Gasteiger partial charge >= 0.3 is 0 Å². The predicted octanol–water partition coefficient (Wildman–Crippen LogP) is 2.68. The zero-order valence-electron chi connectivity index (χ0n) is 11.3. The number of amides is 1. The molecule has 0 unspecified atom stereocenters. The maximum atomic E-state index is 12.0. The smallest absolute Gasteiger partial charge is 0.253 e. The van der Waals surface area contributed by atoms with Gasteiger partial charge in [0.1, 0.15) is 0 Å². The lowest BCUT2D eigenvalue weighted by molar-refractivity contribution is 0.0950. The summed E-state index contributed by atoms with van der Waals surface area (Å²) in [6, 6.07) is 9.00. The molecular formula is C15H15BrN2O2. The molecule has 0 aliphatic heterocycles. The normalized spacial score (nSPS) is 10.3. The molecule has 0 aliphatic rings. The lowest BCUT2D eigenvalue weighted by Gasteiger charge is -2.08. The van der Waals surface area contributed by atoms with Crippen LogP contribution in [-0.2, 0) is 6.54 Å². The Morgan fingerprint density at radius 3 is 2.70 bits per heavy atom. The summed E-state index contributed by atoms with van der Waals surface area (Å²) in [6.45, 7) is 3.91. The van der Waals surface area contributed by atoms with Gasteiger partial charge in [0.2, 0.25) is 0 Å². The number of halogens is 1. The van der Waals surface area contributed by atoms with Gasteiger partial charge in [-0.3, -0.25) is 9.59 Å². The van der Waals surface area contributed by atoms with Crippen LogP contribution in [0.1, 0.15) is 27.2 Å². The van der Waals surface area contributed by atoms with Crippen LogP contribution in [0.4, 0.5) is 0 Å². The molecule has 4 nitrogen and oxygen atoms in total. The standard InChI is InChI=1S/C15H15BrN2O2/c1-9-6-10(2)18-15(20)13(9)8-17-14(19)11-4-3-5-12(16)7-11/h3-7H,8H2,1-2H3,(H,17,19)(H,18,20). The van der Waals surface area contributed by atoms with E-state index in [1.807, 2.05) is 26.0 Å². The number of hydrogen-bond acceptors (Lipinski definition) is 2. The summed E-state index contributed by atoms with van der Waals surface area (Å²) in [5.74, 6) is -0.203. The molecule has 0 saturated heterocycles. The van der Waals surface area contributed by atoms with Crippen molar-refractivity contribution in [1.82, 2.24) is 10.3 Å². The SMILES string of the molecule is Cc1cc(C)c(CNC(=O)c2cccc(Br)c2)c(=O)[nH]1. The number of H-pyrrole nitrogens is 1. The second-order valence-electron chi connectivity index (χ2n) is 4.64. The molecule has 2 rings (SSSR count). The zero-order valence-corrected chi connectivity index (χ0v) is 12.9. The zero-order chi connectivity index (χ0) is 14.7. The molecule has 1 amide bonds. The summed E-state index contributed by atoms with van der Waals surface area (Å²) in [6.07, 6.45) is 0. The molecule has 0 fully saturated rings. The van der Waals surface area contributed by atoms with E-state index in [9.17, 15) is 9.59 Å². The Morgan fingerprint density at radius 1 is 1.30 bits per heavy atom. The quantitative estimate of drug-likeness (QED) is 0.906. The van der Waals surface area contributed by atoms with E-state index in [2.05, 4.69) is 26.2 Å². The van der Waals surface area contributed by atoms with Crippen molar-refractivity contribution in [2.45, 2.75) is 20.4 Å². The van der Waals surface area contributed by atoms with E-state index in [0.717, 1.165) is 15.7 Å². The van der Waals surface area contributed by atoms with Gasteiger partial charge in [-0.25, -0.2) is 0 Å². The van der Waals surface area contributed by atoms with Crippen LogP contribution in [0.25, 0.3) is 0 Å². The van der Waals surface area contributed by atoms with E-state index < -0.39 is 0 Å². The lowest BCUT2D eigenvalue weighted by Crippen LogP contribution is -2.27. The van der Waals surface area contributed by atoms with E-state index in [4.69, 9.17) is 0 Å². The summed E-state index contributed by atoms with van der Waals surface area (Å²) < 4.78 is 0.842. The lowest BCUT2D eigenvalue weighted by atomic mass is 10.1. The van der Waals surface area contributed by atoms with Crippen LogP contribution in [0.5, 0.6) is 0 Å². The maximum Gasteiger partial charge on any atom is 0.253 e.